The molecular formula is C18H22F2IN3. The first-order chi connectivity index (χ1) is 11.1. The lowest BCUT2D eigenvalue weighted by Crippen LogP contribution is -2.37. The molecule has 0 unspecified atom stereocenters. The Balaban J connectivity index is 0.00000288. The molecular weight excluding hydrogens is 423 g/mol. The SMILES string of the molecule is CN=C(NCCc1cc(F)cc(F)c1)NCc1ccc(C)cc1.I. The third kappa shape index (κ3) is 6.82. The van der Waals surface area contributed by atoms with Crippen molar-refractivity contribution in [3.63, 3.8) is 0 Å². The van der Waals surface area contributed by atoms with Crippen molar-refractivity contribution < 1.29 is 8.78 Å². The number of halogens is 3. The predicted molar refractivity (Wildman–Crippen MR) is 105 cm³/mol. The zero-order valence-electron chi connectivity index (χ0n) is 13.8. The van der Waals surface area contributed by atoms with Crippen LogP contribution in [0.5, 0.6) is 0 Å². The molecule has 2 aromatic carbocycles. The van der Waals surface area contributed by atoms with Crippen LogP contribution in [0.2, 0.25) is 0 Å². The van der Waals surface area contributed by atoms with Gasteiger partial charge in [-0.2, -0.15) is 0 Å². The van der Waals surface area contributed by atoms with Gasteiger partial charge in [0.05, 0.1) is 0 Å². The van der Waals surface area contributed by atoms with Gasteiger partial charge in [-0.3, -0.25) is 4.99 Å². The lowest BCUT2D eigenvalue weighted by molar-refractivity contribution is 0.579. The fourth-order valence-electron chi connectivity index (χ4n) is 2.19. The van der Waals surface area contributed by atoms with Crippen LogP contribution in [0.1, 0.15) is 16.7 Å². The molecule has 0 saturated heterocycles. The van der Waals surface area contributed by atoms with E-state index in [0.29, 0.717) is 31.0 Å². The van der Waals surface area contributed by atoms with Crippen molar-refractivity contribution >= 4 is 29.9 Å². The summed E-state index contributed by atoms with van der Waals surface area (Å²) in [6.07, 6.45) is 0.514. The van der Waals surface area contributed by atoms with Crippen molar-refractivity contribution in [3.8, 4) is 0 Å². The molecule has 0 bridgehead atoms. The minimum atomic E-state index is -0.554. The van der Waals surface area contributed by atoms with Crippen LogP contribution < -0.4 is 10.6 Å². The fraction of sp³-hybridized carbons (Fsp3) is 0.278. The van der Waals surface area contributed by atoms with E-state index in [2.05, 4.69) is 39.9 Å². The normalized spacial score (nSPS) is 10.9. The van der Waals surface area contributed by atoms with Gasteiger partial charge in [0.25, 0.3) is 0 Å². The standard InChI is InChI=1S/C18H21F2N3.HI/c1-13-3-5-14(6-4-13)12-23-18(21-2)22-8-7-15-9-16(19)11-17(20)10-15;/h3-6,9-11H,7-8,12H2,1-2H3,(H2,21,22,23);1H. The molecule has 3 nitrogen and oxygen atoms in total. The van der Waals surface area contributed by atoms with E-state index < -0.39 is 11.6 Å². The van der Waals surface area contributed by atoms with Gasteiger partial charge in [-0.25, -0.2) is 8.78 Å². The first-order valence-corrected chi connectivity index (χ1v) is 7.52. The van der Waals surface area contributed by atoms with Crippen molar-refractivity contribution in [1.29, 1.82) is 0 Å². The van der Waals surface area contributed by atoms with Gasteiger partial charge in [-0.1, -0.05) is 29.8 Å². The Kier molecular flexibility index (Phi) is 8.67. The van der Waals surface area contributed by atoms with Gasteiger partial charge < -0.3 is 10.6 Å². The molecule has 0 fully saturated rings. The van der Waals surface area contributed by atoms with Crippen LogP contribution in [0.15, 0.2) is 47.5 Å². The molecule has 0 amide bonds. The summed E-state index contributed by atoms with van der Waals surface area (Å²) < 4.78 is 26.2. The summed E-state index contributed by atoms with van der Waals surface area (Å²) in [5.41, 5.74) is 2.99. The van der Waals surface area contributed by atoms with Crippen LogP contribution in [0.25, 0.3) is 0 Å². The minimum absolute atomic E-state index is 0. The Hall–Kier alpha value is -1.70. The van der Waals surface area contributed by atoms with Gasteiger partial charge in [-0.15, -0.1) is 24.0 Å². The highest BCUT2D eigenvalue weighted by Gasteiger charge is 2.02. The van der Waals surface area contributed by atoms with E-state index in [9.17, 15) is 8.78 Å². The maximum atomic E-state index is 13.1. The van der Waals surface area contributed by atoms with Crippen LogP contribution in [0.4, 0.5) is 8.78 Å². The number of nitrogens with zero attached hydrogens (tertiary/aromatic N) is 1. The summed E-state index contributed by atoms with van der Waals surface area (Å²) in [5.74, 6) is -0.453. The number of hydrogen-bond donors (Lipinski definition) is 2. The Labute approximate surface area is 158 Å². The molecule has 6 heteroatoms. The second-order valence-electron chi connectivity index (χ2n) is 5.37. The van der Waals surface area contributed by atoms with E-state index in [1.54, 1.807) is 7.05 Å². The first kappa shape index (κ1) is 20.3. The van der Waals surface area contributed by atoms with E-state index in [0.717, 1.165) is 11.6 Å². The molecule has 2 aromatic rings. The molecule has 24 heavy (non-hydrogen) atoms. The molecule has 0 aliphatic heterocycles. The van der Waals surface area contributed by atoms with Crippen LogP contribution in [0.3, 0.4) is 0 Å². The summed E-state index contributed by atoms with van der Waals surface area (Å²) >= 11 is 0. The molecule has 2 rings (SSSR count). The van der Waals surface area contributed by atoms with E-state index in [-0.39, 0.29) is 24.0 Å². The van der Waals surface area contributed by atoms with Crippen molar-refractivity contribution in [2.24, 2.45) is 4.99 Å². The smallest absolute Gasteiger partial charge is 0.191 e. The van der Waals surface area contributed by atoms with E-state index in [1.807, 2.05) is 6.92 Å². The monoisotopic (exact) mass is 445 g/mol. The maximum Gasteiger partial charge on any atom is 0.191 e. The van der Waals surface area contributed by atoms with Crippen LogP contribution in [-0.4, -0.2) is 19.6 Å². The lowest BCUT2D eigenvalue weighted by Gasteiger charge is -2.12. The van der Waals surface area contributed by atoms with Crippen molar-refractivity contribution in [2.45, 2.75) is 19.9 Å². The Morgan fingerprint density at radius 3 is 2.17 bits per heavy atom. The number of rotatable bonds is 5. The van der Waals surface area contributed by atoms with Crippen LogP contribution in [0, 0.1) is 18.6 Å². The van der Waals surface area contributed by atoms with Gasteiger partial charge >= 0.3 is 0 Å². The Morgan fingerprint density at radius 1 is 0.958 bits per heavy atom. The predicted octanol–water partition coefficient (Wildman–Crippen LogP) is 3.80. The average Bonchev–Trinajstić information content (AvgIpc) is 2.51. The molecule has 0 atom stereocenters. The molecule has 0 heterocycles. The van der Waals surface area contributed by atoms with Crippen molar-refractivity contribution in [1.82, 2.24) is 10.6 Å². The summed E-state index contributed by atoms with van der Waals surface area (Å²) in [7, 11) is 1.69. The molecule has 0 aliphatic rings. The molecule has 0 aromatic heterocycles. The highest BCUT2D eigenvalue weighted by molar-refractivity contribution is 14.0. The minimum Gasteiger partial charge on any atom is -0.356 e. The molecule has 130 valence electrons. The summed E-state index contributed by atoms with van der Waals surface area (Å²) in [5, 5.41) is 6.34. The van der Waals surface area contributed by atoms with Gasteiger partial charge in [-0.05, 0) is 36.6 Å². The van der Waals surface area contributed by atoms with Crippen LogP contribution >= 0.6 is 24.0 Å². The average molecular weight is 445 g/mol. The lowest BCUT2D eigenvalue weighted by atomic mass is 10.1. The number of benzene rings is 2. The highest BCUT2D eigenvalue weighted by atomic mass is 127. The second kappa shape index (κ2) is 10.2. The van der Waals surface area contributed by atoms with Gasteiger partial charge in [0.15, 0.2) is 5.96 Å². The Bertz CT molecular complexity index is 652. The molecule has 0 aliphatic carbocycles. The zero-order valence-corrected chi connectivity index (χ0v) is 16.1. The topological polar surface area (TPSA) is 36.4 Å². The fourth-order valence-corrected chi connectivity index (χ4v) is 2.19. The van der Waals surface area contributed by atoms with Gasteiger partial charge in [0, 0.05) is 26.2 Å². The number of aliphatic imine (C=N–C) groups is 1. The second-order valence-corrected chi connectivity index (χ2v) is 5.37. The molecule has 0 radical (unpaired) electrons. The van der Waals surface area contributed by atoms with Crippen molar-refractivity contribution in [3.05, 3.63) is 70.8 Å². The van der Waals surface area contributed by atoms with E-state index in [4.69, 9.17) is 0 Å². The third-order valence-electron chi connectivity index (χ3n) is 3.43. The summed E-state index contributed by atoms with van der Waals surface area (Å²) in [6, 6.07) is 11.8. The molecule has 0 spiro atoms. The zero-order chi connectivity index (χ0) is 16.7. The number of guanidine groups is 1. The highest BCUT2D eigenvalue weighted by Crippen LogP contribution is 2.08. The summed E-state index contributed by atoms with van der Waals surface area (Å²) in [4.78, 5) is 4.13. The third-order valence-corrected chi connectivity index (χ3v) is 3.43. The van der Waals surface area contributed by atoms with Gasteiger partial charge in [0.1, 0.15) is 11.6 Å². The van der Waals surface area contributed by atoms with Crippen molar-refractivity contribution in [2.75, 3.05) is 13.6 Å². The summed E-state index contributed by atoms with van der Waals surface area (Å²) in [6.45, 7) is 3.25. The number of hydrogen-bond acceptors (Lipinski definition) is 1. The van der Waals surface area contributed by atoms with Gasteiger partial charge in [0.2, 0.25) is 0 Å². The van der Waals surface area contributed by atoms with E-state index in [1.165, 1.54) is 17.7 Å². The Morgan fingerprint density at radius 2 is 1.58 bits per heavy atom. The first-order valence-electron chi connectivity index (χ1n) is 7.52. The molecule has 0 saturated carbocycles. The maximum absolute atomic E-state index is 13.1. The number of nitrogens with one attached hydrogen (secondary N) is 2. The quantitative estimate of drug-likeness (QED) is 0.418. The number of aryl methyl sites for hydroxylation is 1. The molecule has 2 N–H and O–H groups in total. The van der Waals surface area contributed by atoms with E-state index >= 15 is 0 Å². The van der Waals surface area contributed by atoms with Crippen LogP contribution in [-0.2, 0) is 13.0 Å². The largest absolute Gasteiger partial charge is 0.356 e.